The molecule has 3 rings (SSSR count). The van der Waals surface area contributed by atoms with E-state index in [0.29, 0.717) is 30.1 Å². The molecule has 0 bridgehead atoms. The van der Waals surface area contributed by atoms with Gasteiger partial charge in [0.2, 0.25) is 11.1 Å². The van der Waals surface area contributed by atoms with Crippen molar-refractivity contribution in [1.29, 1.82) is 0 Å². The number of ether oxygens (including phenoxy) is 2. The molecule has 25 heavy (non-hydrogen) atoms. The summed E-state index contributed by atoms with van der Waals surface area (Å²) in [4.78, 5) is 14.3. The number of hydrogen-bond acceptors (Lipinski definition) is 8. The van der Waals surface area contributed by atoms with E-state index in [1.165, 1.54) is 0 Å². The van der Waals surface area contributed by atoms with Crippen molar-refractivity contribution in [2.45, 2.75) is 32.3 Å². The summed E-state index contributed by atoms with van der Waals surface area (Å²) >= 11 is 5.65. The zero-order chi connectivity index (χ0) is 17.6. The third kappa shape index (κ3) is 4.79. The molecule has 0 amide bonds. The molecule has 1 saturated heterocycles. The number of aromatic nitrogens is 4. The number of halogens is 1. The lowest BCUT2D eigenvalue weighted by atomic mass is 9.94. The van der Waals surface area contributed by atoms with E-state index >= 15 is 0 Å². The summed E-state index contributed by atoms with van der Waals surface area (Å²) in [6.07, 6.45) is 6.14. The summed E-state index contributed by atoms with van der Waals surface area (Å²) in [5.74, 6) is 1.84. The minimum Gasteiger partial charge on any atom is -0.490 e. The van der Waals surface area contributed by atoms with Crippen LogP contribution < -0.4 is 9.64 Å². The molecular weight excluding hydrogens is 346 g/mol. The molecule has 1 aliphatic heterocycles. The molecule has 1 atom stereocenters. The highest BCUT2D eigenvalue weighted by Gasteiger charge is 2.24. The van der Waals surface area contributed by atoms with E-state index < -0.39 is 0 Å². The molecule has 1 fully saturated rings. The number of methoxy groups -OCH3 is 1. The molecule has 3 heterocycles. The van der Waals surface area contributed by atoms with E-state index in [-0.39, 0.29) is 11.4 Å². The van der Waals surface area contributed by atoms with Crippen LogP contribution in [-0.4, -0.2) is 46.9 Å². The third-order valence-electron chi connectivity index (χ3n) is 4.42. The van der Waals surface area contributed by atoms with Gasteiger partial charge in [0.25, 0.3) is 0 Å². The molecule has 0 aliphatic carbocycles. The molecule has 2 aromatic heterocycles. The van der Waals surface area contributed by atoms with Gasteiger partial charge in [0.1, 0.15) is 6.10 Å². The molecule has 1 aliphatic rings. The molecule has 2 aromatic rings. The van der Waals surface area contributed by atoms with Crippen molar-refractivity contribution in [3.05, 3.63) is 23.5 Å². The molecular formula is C16H22ClN5O3. The Balaban J connectivity index is 1.41. The standard InChI is InChI=1S/C16H22ClN5O3/c1-11(23-2)14-20-16(25-21-14)22-6-3-12(4-7-22)5-8-24-13-9-18-15(17)19-10-13/h9-12H,3-8H2,1-2H3. The van der Waals surface area contributed by atoms with E-state index in [9.17, 15) is 0 Å². The van der Waals surface area contributed by atoms with Gasteiger partial charge in [-0.05, 0) is 43.7 Å². The van der Waals surface area contributed by atoms with Gasteiger partial charge in [-0.15, -0.1) is 0 Å². The minimum atomic E-state index is -0.163. The van der Waals surface area contributed by atoms with Gasteiger partial charge >= 0.3 is 6.01 Å². The van der Waals surface area contributed by atoms with E-state index in [2.05, 4.69) is 25.0 Å². The van der Waals surface area contributed by atoms with Gasteiger partial charge < -0.3 is 18.9 Å². The van der Waals surface area contributed by atoms with Gasteiger partial charge in [-0.3, -0.25) is 0 Å². The number of rotatable bonds is 7. The fraction of sp³-hybridized carbons (Fsp3) is 0.625. The van der Waals surface area contributed by atoms with Crippen LogP contribution in [0.4, 0.5) is 6.01 Å². The van der Waals surface area contributed by atoms with Gasteiger partial charge in [-0.2, -0.15) is 4.98 Å². The van der Waals surface area contributed by atoms with Crippen LogP contribution in [0.5, 0.6) is 5.75 Å². The third-order valence-corrected chi connectivity index (χ3v) is 4.62. The molecule has 1 unspecified atom stereocenters. The van der Waals surface area contributed by atoms with E-state index in [1.807, 2.05) is 6.92 Å². The number of piperidine rings is 1. The van der Waals surface area contributed by atoms with Gasteiger partial charge in [0, 0.05) is 20.2 Å². The van der Waals surface area contributed by atoms with Crippen LogP contribution in [-0.2, 0) is 4.74 Å². The van der Waals surface area contributed by atoms with Crippen molar-refractivity contribution in [3.63, 3.8) is 0 Å². The molecule has 136 valence electrons. The first-order chi connectivity index (χ1) is 12.2. The monoisotopic (exact) mass is 367 g/mol. The van der Waals surface area contributed by atoms with Crippen molar-refractivity contribution in [2.24, 2.45) is 5.92 Å². The van der Waals surface area contributed by atoms with E-state index in [0.717, 1.165) is 32.4 Å². The lowest BCUT2D eigenvalue weighted by Crippen LogP contribution is -2.34. The predicted molar refractivity (Wildman–Crippen MR) is 91.8 cm³/mol. The van der Waals surface area contributed by atoms with E-state index in [1.54, 1.807) is 19.5 Å². The summed E-state index contributed by atoms with van der Waals surface area (Å²) in [7, 11) is 1.63. The Morgan fingerprint density at radius 2 is 2.04 bits per heavy atom. The zero-order valence-corrected chi connectivity index (χ0v) is 15.1. The fourth-order valence-electron chi connectivity index (χ4n) is 2.76. The second-order valence-electron chi connectivity index (χ2n) is 6.07. The topological polar surface area (TPSA) is 86.4 Å². The molecule has 0 radical (unpaired) electrons. The second kappa shape index (κ2) is 8.44. The Kier molecular flexibility index (Phi) is 6.04. The molecule has 9 heteroatoms. The van der Waals surface area contributed by atoms with Crippen LogP contribution in [0.2, 0.25) is 5.28 Å². The maximum Gasteiger partial charge on any atom is 0.324 e. The number of anilines is 1. The van der Waals surface area contributed by atoms with Crippen LogP contribution in [0.25, 0.3) is 0 Å². The zero-order valence-electron chi connectivity index (χ0n) is 14.4. The number of hydrogen-bond donors (Lipinski definition) is 0. The average Bonchev–Trinajstić information content (AvgIpc) is 3.13. The molecule has 0 aromatic carbocycles. The van der Waals surface area contributed by atoms with Gasteiger partial charge in [-0.1, -0.05) is 5.16 Å². The fourth-order valence-corrected chi connectivity index (χ4v) is 2.85. The largest absolute Gasteiger partial charge is 0.490 e. The Labute approximate surface area is 151 Å². The van der Waals surface area contributed by atoms with Gasteiger partial charge in [0.15, 0.2) is 5.75 Å². The van der Waals surface area contributed by atoms with Crippen LogP contribution in [0.3, 0.4) is 0 Å². The highest BCUT2D eigenvalue weighted by Crippen LogP contribution is 2.25. The maximum atomic E-state index is 5.67. The SMILES string of the molecule is COC(C)c1noc(N2CCC(CCOc3cnc(Cl)nc3)CC2)n1. The van der Waals surface area contributed by atoms with Gasteiger partial charge in [0.05, 0.1) is 19.0 Å². The Hall–Kier alpha value is -1.93. The minimum absolute atomic E-state index is 0.163. The van der Waals surface area contributed by atoms with Crippen molar-refractivity contribution < 1.29 is 14.0 Å². The summed E-state index contributed by atoms with van der Waals surface area (Å²) < 4.78 is 16.2. The van der Waals surface area contributed by atoms with Crippen LogP contribution in [0, 0.1) is 5.92 Å². The summed E-state index contributed by atoms with van der Waals surface area (Å²) in [5, 5.41) is 4.20. The molecule has 0 N–H and O–H groups in total. The Morgan fingerprint density at radius 3 is 2.72 bits per heavy atom. The molecule has 8 nitrogen and oxygen atoms in total. The van der Waals surface area contributed by atoms with Crippen molar-refractivity contribution >= 4 is 17.6 Å². The summed E-state index contributed by atoms with van der Waals surface area (Å²) in [5.41, 5.74) is 0. The smallest absolute Gasteiger partial charge is 0.324 e. The molecule has 0 spiro atoms. The van der Waals surface area contributed by atoms with Crippen LogP contribution in [0.1, 0.15) is 38.1 Å². The summed E-state index contributed by atoms with van der Waals surface area (Å²) in [6, 6.07) is 0.576. The van der Waals surface area contributed by atoms with E-state index in [4.69, 9.17) is 25.6 Å². The lowest BCUT2D eigenvalue weighted by Gasteiger charge is -2.30. The normalized spacial score (nSPS) is 16.8. The summed E-state index contributed by atoms with van der Waals surface area (Å²) in [6.45, 7) is 4.34. The van der Waals surface area contributed by atoms with Gasteiger partial charge in [-0.25, -0.2) is 9.97 Å². The number of nitrogens with zero attached hydrogens (tertiary/aromatic N) is 5. The Bertz CT molecular complexity index is 658. The average molecular weight is 368 g/mol. The Morgan fingerprint density at radius 1 is 1.32 bits per heavy atom. The first-order valence-electron chi connectivity index (χ1n) is 8.37. The predicted octanol–water partition coefficient (Wildman–Crippen LogP) is 2.91. The highest BCUT2D eigenvalue weighted by molar-refractivity contribution is 6.28. The quantitative estimate of drug-likeness (QED) is 0.690. The highest BCUT2D eigenvalue weighted by atomic mass is 35.5. The first kappa shape index (κ1) is 17.9. The maximum absolute atomic E-state index is 5.67. The second-order valence-corrected chi connectivity index (χ2v) is 6.41. The van der Waals surface area contributed by atoms with Crippen LogP contribution in [0.15, 0.2) is 16.9 Å². The van der Waals surface area contributed by atoms with Crippen molar-refractivity contribution in [2.75, 3.05) is 31.7 Å². The van der Waals surface area contributed by atoms with Crippen molar-refractivity contribution in [3.8, 4) is 5.75 Å². The first-order valence-corrected chi connectivity index (χ1v) is 8.75. The molecule has 0 saturated carbocycles. The van der Waals surface area contributed by atoms with Crippen LogP contribution >= 0.6 is 11.6 Å². The lowest BCUT2D eigenvalue weighted by molar-refractivity contribution is 0.109. The van der Waals surface area contributed by atoms with Crippen molar-refractivity contribution in [1.82, 2.24) is 20.1 Å².